The van der Waals surface area contributed by atoms with E-state index in [1.54, 1.807) is 6.92 Å². The number of amides is 2. The molecule has 0 aliphatic carbocycles. The molecule has 1 heterocycles. The smallest absolute Gasteiger partial charge is 0.337 e. The Labute approximate surface area is 119 Å². The van der Waals surface area contributed by atoms with E-state index in [0.29, 0.717) is 11.3 Å². The molecule has 2 aromatic rings. The molecule has 0 aliphatic rings. The number of hydrogen-bond donors (Lipinski definition) is 3. The third kappa shape index (κ3) is 3.75. The Morgan fingerprint density at radius 2 is 1.86 bits per heavy atom. The standard InChI is InChI=1S/C14H12FN3O3/c1-8-4-10(2-3-12(8)15)17-14(21)18-11-5-9(13(19)20)6-16-7-11/h2-7H,1H3,(H,19,20)(H2,17,18,21). The third-order valence-electron chi connectivity index (χ3n) is 2.66. The van der Waals surface area contributed by atoms with Crippen LogP contribution in [0.4, 0.5) is 20.6 Å². The van der Waals surface area contributed by atoms with Crippen LogP contribution in [-0.2, 0) is 0 Å². The topological polar surface area (TPSA) is 91.3 Å². The lowest BCUT2D eigenvalue weighted by atomic mass is 10.2. The summed E-state index contributed by atoms with van der Waals surface area (Å²) >= 11 is 0. The highest BCUT2D eigenvalue weighted by Crippen LogP contribution is 2.14. The molecular formula is C14H12FN3O3. The van der Waals surface area contributed by atoms with Crippen LogP contribution in [0.15, 0.2) is 36.7 Å². The first-order valence-electron chi connectivity index (χ1n) is 5.98. The van der Waals surface area contributed by atoms with Crippen LogP contribution in [-0.4, -0.2) is 22.1 Å². The molecule has 0 unspecified atom stereocenters. The summed E-state index contributed by atoms with van der Waals surface area (Å²) in [5.41, 5.74) is 1.03. The van der Waals surface area contributed by atoms with Gasteiger partial charge in [-0.2, -0.15) is 0 Å². The number of carbonyl (C=O) groups is 2. The molecule has 0 saturated carbocycles. The Bertz CT molecular complexity index is 704. The summed E-state index contributed by atoms with van der Waals surface area (Å²) in [6, 6.07) is 4.86. The maximum atomic E-state index is 13.1. The van der Waals surface area contributed by atoms with Gasteiger partial charge in [0.1, 0.15) is 5.82 Å². The Kier molecular flexibility index (Phi) is 4.13. The van der Waals surface area contributed by atoms with E-state index in [2.05, 4.69) is 15.6 Å². The Morgan fingerprint density at radius 3 is 2.52 bits per heavy atom. The van der Waals surface area contributed by atoms with Gasteiger partial charge in [0.25, 0.3) is 0 Å². The van der Waals surface area contributed by atoms with E-state index in [0.717, 1.165) is 0 Å². The molecule has 0 aliphatic heterocycles. The number of carboxylic acids is 1. The summed E-state index contributed by atoms with van der Waals surface area (Å²) in [5.74, 6) is -1.50. The van der Waals surface area contributed by atoms with E-state index >= 15 is 0 Å². The highest BCUT2D eigenvalue weighted by atomic mass is 19.1. The number of aromatic carboxylic acids is 1. The molecule has 2 rings (SSSR count). The number of aromatic nitrogens is 1. The number of nitrogens with zero attached hydrogens (tertiary/aromatic N) is 1. The molecule has 0 spiro atoms. The summed E-state index contributed by atoms with van der Waals surface area (Å²) < 4.78 is 13.1. The Morgan fingerprint density at radius 1 is 1.14 bits per heavy atom. The van der Waals surface area contributed by atoms with E-state index < -0.39 is 12.0 Å². The van der Waals surface area contributed by atoms with Crippen molar-refractivity contribution >= 4 is 23.4 Å². The van der Waals surface area contributed by atoms with Gasteiger partial charge >= 0.3 is 12.0 Å². The van der Waals surface area contributed by atoms with Crippen LogP contribution in [0.25, 0.3) is 0 Å². The lowest BCUT2D eigenvalue weighted by molar-refractivity contribution is 0.0696. The van der Waals surface area contributed by atoms with Crippen molar-refractivity contribution in [3.8, 4) is 0 Å². The fraction of sp³-hybridized carbons (Fsp3) is 0.0714. The van der Waals surface area contributed by atoms with Crippen LogP contribution in [0.3, 0.4) is 0 Å². The molecule has 0 bridgehead atoms. The second kappa shape index (κ2) is 6.00. The normalized spacial score (nSPS) is 10.0. The van der Waals surface area contributed by atoms with E-state index in [1.807, 2.05) is 0 Å². The molecular weight excluding hydrogens is 277 g/mol. The lowest BCUT2D eigenvalue weighted by Crippen LogP contribution is -2.19. The largest absolute Gasteiger partial charge is 0.478 e. The van der Waals surface area contributed by atoms with Gasteiger partial charge in [-0.1, -0.05) is 0 Å². The van der Waals surface area contributed by atoms with E-state index in [1.165, 1.54) is 36.7 Å². The summed E-state index contributed by atoms with van der Waals surface area (Å²) in [7, 11) is 0. The van der Waals surface area contributed by atoms with Gasteiger partial charge in [0.15, 0.2) is 0 Å². The van der Waals surface area contributed by atoms with Gasteiger partial charge in [-0.3, -0.25) is 4.98 Å². The minimum Gasteiger partial charge on any atom is -0.478 e. The first-order valence-corrected chi connectivity index (χ1v) is 5.98. The summed E-state index contributed by atoms with van der Waals surface area (Å²) in [5, 5.41) is 13.8. The average Bonchev–Trinajstić information content (AvgIpc) is 2.43. The van der Waals surface area contributed by atoms with Gasteiger partial charge < -0.3 is 15.7 Å². The molecule has 0 fully saturated rings. The minimum atomic E-state index is -1.14. The predicted octanol–water partition coefficient (Wildman–Crippen LogP) is 2.87. The fourth-order valence-electron chi connectivity index (χ4n) is 1.64. The number of pyridine rings is 1. The van der Waals surface area contributed by atoms with Crippen LogP contribution < -0.4 is 10.6 Å². The quantitative estimate of drug-likeness (QED) is 0.810. The Balaban J connectivity index is 2.06. The molecule has 7 heteroatoms. The zero-order valence-electron chi connectivity index (χ0n) is 11.1. The van der Waals surface area contributed by atoms with Crippen LogP contribution in [0.5, 0.6) is 0 Å². The van der Waals surface area contributed by atoms with E-state index in [-0.39, 0.29) is 17.1 Å². The number of aryl methyl sites for hydroxylation is 1. The maximum absolute atomic E-state index is 13.1. The summed E-state index contributed by atoms with van der Waals surface area (Å²) in [6.07, 6.45) is 2.50. The van der Waals surface area contributed by atoms with Gasteiger partial charge in [-0.25, -0.2) is 14.0 Å². The van der Waals surface area contributed by atoms with Crippen LogP contribution in [0, 0.1) is 12.7 Å². The SMILES string of the molecule is Cc1cc(NC(=O)Nc2cncc(C(=O)O)c2)ccc1F. The number of carboxylic acid groups (broad SMARTS) is 1. The second-order valence-electron chi connectivity index (χ2n) is 4.31. The van der Waals surface area contributed by atoms with Crippen molar-refractivity contribution in [2.45, 2.75) is 6.92 Å². The molecule has 0 saturated heterocycles. The summed E-state index contributed by atoms with van der Waals surface area (Å²) in [6.45, 7) is 1.58. The van der Waals surface area contributed by atoms with Crippen LogP contribution >= 0.6 is 0 Å². The molecule has 6 nitrogen and oxygen atoms in total. The number of rotatable bonds is 3. The van der Waals surface area contributed by atoms with Crippen LogP contribution in [0.2, 0.25) is 0 Å². The molecule has 1 aromatic heterocycles. The van der Waals surface area contributed by atoms with Crippen molar-refractivity contribution < 1.29 is 19.1 Å². The number of urea groups is 1. The predicted molar refractivity (Wildman–Crippen MR) is 75.0 cm³/mol. The number of benzene rings is 1. The van der Waals surface area contributed by atoms with Crippen molar-refractivity contribution in [2.75, 3.05) is 10.6 Å². The molecule has 1 aromatic carbocycles. The first-order chi connectivity index (χ1) is 9.95. The minimum absolute atomic E-state index is 0.0366. The van der Waals surface area contributed by atoms with Crippen molar-refractivity contribution in [1.29, 1.82) is 0 Å². The fourth-order valence-corrected chi connectivity index (χ4v) is 1.64. The number of carbonyl (C=O) groups excluding carboxylic acids is 1. The Hall–Kier alpha value is -2.96. The zero-order valence-corrected chi connectivity index (χ0v) is 11.1. The highest BCUT2D eigenvalue weighted by Gasteiger charge is 2.08. The van der Waals surface area contributed by atoms with Crippen molar-refractivity contribution in [1.82, 2.24) is 4.98 Å². The molecule has 108 valence electrons. The van der Waals surface area contributed by atoms with Gasteiger partial charge in [0, 0.05) is 11.9 Å². The molecule has 0 atom stereocenters. The molecule has 21 heavy (non-hydrogen) atoms. The number of nitrogens with one attached hydrogen (secondary N) is 2. The summed E-state index contributed by atoms with van der Waals surface area (Å²) in [4.78, 5) is 26.3. The van der Waals surface area contributed by atoms with Gasteiger partial charge in [-0.15, -0.1) is 0 Å². The van der Waals surface area contributed by atoms with E-state index in [9.17, 15) is 14.0 Å². The van der Waals surface area contributed by atoms with E-state index in [4.69, 9.17) is 5.11 Å². The second-order valence-corrected chi connectivity index (χ2v) is 4.31. The van der Waals surface area contributed by atoms with Crippen LogP contribution in [0.1, 0.15) is 15.9 Å². The number of hydrogen-bond acceptors (Lipinski definition) is 3. The monoisotopic (exact) mass is 289 g/mol. The zero-order chi connectivity index (χ0) is 15.4. The third-order valence-corrected chi connectivity index (χ3v) is 2.66. The highest BCUT2D eigenvalue weighted by molar-refractivity contribution is 6.00. The van der Waals surface area contributed by atoms with Crippen molar-refractivity contribution in [3.05, 3.63) is 53.6 Å². The van der Waals surface area contributed by atoms with Crippen molar-refractivity contribution in [2.24, 2.45) is 0 Å². The first kappa shape index (κ1) is 14.4. The maximum Gasteiger partial charge on any atom is 0.337 e. The van der Waals surface area contributed by atoms with Crippen molar-refractivity contribution in [3.63, 3.8) is 0 Å². The van der Waals surface area contributed by atoms with Gasteiger partial charge in [0.05, 0.1) is 17.4 Å². The number of halogens is 1. The molecule has 2 amide bonds. The number of anilines is 2. The average molecular weight is 289 g/mol. The lowest BCUT2D eigenvalue weighted by Gasteiger charge is -2.08. The van der Waals surface area contributed by atoms with Gasteiger partial charge in [0.2, 0.25) is 0 Å². The van der Waals surface area contributed by atoms with Gasteiger partial charge in [-0.05, 0) is 36.8 Å². The molecule has 0 radical (unpaired) electrons. The molecule has 3 N–H and O–H groups in total.